The number of aromatic amines is 1. The van der Waals surface area contributed by atoms with Crippen molar-refractivity contribution in [2.24, 2.45) is 5.73 Å². The van der Waals surface area contributed by atoms with Crippen molar-refractivity contribution >= 4 is 34.3 Å². The number of H-pyrrole nitrogens is 1. The first-order valence-electron chi connectivity index (χ1n) is 6.60. The quantitative estimate of drug-likeness (QED) is 0.737. The number of hydrogen-bond donors (Lipinski definition) is 2. The van der Waals surface area contributed by atoms with Gasteiger partial charge in [0.2, 0.25) is 0 Å². The van der Waals surface area contributed by atoms with Crippen LogP contribution in [-0.2, 0) is 6.42 Å². The summed E-state index contributed by atoms with van der Waals surface area (Å²) in [5.41, 5.74) is 7.57. The zero-order valence-electron chi connectivity index (χ0n) is 11.2. The molecule has 2 nitrogen and oxygen atoms in total. The molecule has 1 aromatic heterocycles. The van der Waals surface area contributed by atoms with E-state index < -0.39 is 0 Å². The van der Waals surface area contributed by atoms with E-state index in [4.69, 9.17) is 17.3 Å². The van der Waals surface area contributed by atoms with Crippen molar-refractivity contribution in [2.45, 2.75) is 16.2 Å². The summed E-state index contributed by atoms with van der Waals surface area (Å²) in [7, 11) is 0. The second-order valence-corrected chi connectivity index (χ2v) is 6.26. The first kappa shape index (κ1) is 14.4. The number of hydrogen-bond acceptors (Lipinski definition) is 2. The van der Waals surface area contributed by atoms with E-state index in [0.717, 1.165) is 26.3 Å². The largest absolute Gasteiger partial charge is 0.360 e. The summed E-state index contributed by atoms with van der Waals surface area (Å²) in [4.78, 5) is 5.30. The smallest absolute Gasteiger partial charge is 0.123 e. The van der Waals surface area contributed by atoms with Gasteiger partial charge in [-0.3, -0.25) is 0 Å². The highest BCUT2D eigenvalue weighted by molar-refractivity contribution is 7.99. The molecule has 2 aromatic carbocycles. The van der Waals surface area contributed by atoms with Crippen molar-refractivity contribution < 1.29 is 4.39 Å². The maximum Gasteiger partial charge on any atom is 0.123 e. The normalized spacial score (nSPS) is 11.2. The number of benzene rings is 2. The Kier molecular flexibility index (Phi) is 4.19. The third-order valence-electron chi connectivity index (χ3n) is 3.26. The summed E-state index contributed by atoms with van der Waals surface area (Å²) >= 11 is 7.66. The van der Waals surface area contributed by atoms with Crippen molar-refractivity contribution in [3.05, 3.63) is 59.0 Å². The van der Waals surface area contributed by atoms with Gasteiger partial charge in [-0.15, -0.1) is 0 Å². The highest BCUT2D eigenvalue weighted by atomic mass is 35.5. The molecule has 0 bridgehead atoms. The minimum absolute atomic E-state index is 0.232. The molecule has 0 aliphatic rings. The molecule has 0 fully saturated rings. The number of rotatable bonds is 4. The highest BCUT2D eigenvalue weighted by Gasteiger charge is 2.10. The Balaban J connectivity index is 2.00. The Bertz CT molecular complexity index is 785. The van der Waals surface area contributed by atoms with Gasteiger partial charge in [-0.1, -0.05) is 23.4 Å². The zero-order chi connectivity index (χ0) is 14.8. The van der Waals surface area contributed by atoms with E-state index in [1.54, 1.807) is 23.9 Å². The highest BCUT2D eigenvalue weighted by Crippen LogP contribution is 2.36. The van der Waals surface area contributed by atoms with Crippen LogP contribution in [0.2, 0.25) is 5.02 Å². The lowest BCUT2D eigenvalue weighted by molar-refractivity contribution is 0.623. The van der Waals surface area contributed by atoms with E-state index in [0.29, 0.717) is 18.0 Å². The molecule has 5 heteroatoms. The Hall–Kier alpha value is -1.49. The van der Waals surface area contributed by atoms with Gasteiger partial charge in [0.25, 0.3) is 0 Å². The van der Waals surface area contributed by atoms with Crippen LogP contribution in [0, 0.1) is 5.82 Å². The lowest BCUT2D eigenvalue weighted by Crippen LogP contribution is -2.04. The van der Waals surface area contributed by atoms with Gasteiger partial charge in [-0.2, -0.15) is 0 Å². The predicted molar refractivity (Wildman–Crippen MR) is 86.6 cm³/mol. The first-order chi connectivity index (χ1) is 10.2. The molecular formula is C16H14ClFN2S. The predicted octanol–water partition coefficient (Wildman–Crippen LogP) is 4.61. The van der Waals surface area contributed by atoms with Crippen molar-refractivity contribution in [1.29, 1.82) is 0 Å². The SMILES string of the molecule is NCCc1cc(F)ccc1Sc1c[nH]c2ccc(Cl)cc12. The van der Waals surface area contributed by atoms with Gasteiger partial charge in [0, 0.05) is 31.9 Å². The average molecular weight is 321 g/mol. The second-order valence-electron chi connectivity index (χ2n) is 4.74. The summed E-state index contributed by atoms with van der Waals surface area (Å²) in [6.45, 7) is 0.497. The van der Waals surface area contributed by atoms with E-state index in [9.17, 15) is 4.39 Å². The molecule has 1 heterocycles. The van der Waals surface area contributed by atoms with Crippen molar-refractivity contribution in [3.63, 3.8) is 0 Å². The van der Waals surface area contributed by atoms with Crippen LogP contribution < -0.4 is 5.73 Å². The number of aromatic nitrogens is 1. The van der Waals surface area contributed by atoms with Gasteiger partial charge in [-0.05, 0) is 54.9 Å². The van der Waals surface area contributed by atoms with Crippen LogP contribution in [-0.4, -0.2) is 11.5 Å². The van der Waals surface area contributed by atoms with E-state index in [2.05, 4.69) is 4.98 Å². The number of nitrogens with one attached hydrogen (secondary N) is 1. The van der Waals surface area contributed by atoms with Crippen molar-refractivity contribution in [3.8, 4) is 0 Å². The van der Waals surface area contributed by atoms with Gasteiger partial charge in [0.15, 0.2) is 0 Å². The Morgan fingerprint density at radius 2 is 2.00 bits per heavy atom. The lowest BCUT2D eigenvalue weighted by atomic mass is 10.1. The van der Waals surface area contributed by atoms with Crippen LogP contribution in [0.1, 0.15) is 5.56 Å². The van der Waals surface area contributed by atoms with Crippen molar-refractivity contribution in [2.75, 3.05) is 6.54 Å². The Morgan fingerprint density at radius 1 is 1.14 bits per heavy atom. The summed E-state index contributed by atoms with van der Waals surface area (Å²) in [5, 5.41) is 1.76. The minimum atomic E-state index is -0.232. The first-order valence-corrected chi connectivity index (χ1v) is 7.80. The standard InChI is InChI=1S/C16H14ClFN2S/c17-11-1-3-14-13(8-11)16(9-20-14)21-15-4-2-12(18)7-10(15)5-6-19/h1-4,7-9,20H,5-6,19H2. The van der Waals surface area contributed by atoms with Gasteiger partial charge in [0.1, 0.15) is 5.82 Å². The molecule has 0 saturated heterocycles. The zero-order valence-corrected chi connectivity index (χ0v) is 12.8. The monoisotopic (exact) mass is 320 g/mol. The second kappa shape index (κ2) is 6.10. The number of halogens is 2. The molecule has 3 rings (SSSR count). The number of nitrogens with two attached hydrogens (primary N) is 1. The molecule has 0 unspecified atom stereocenters. The molecule has 0 saturated carbocycles. The van der Waals surface area contributed by atoms with Crippen LogP contribution in [0.15, 0.2) is 52.4 Å². The molecule has 21 heavy (non-hydrogen) atoms. The molecule has 3 N–H and O–H groups in total. The molecule has 0 atom stereocenters. The van der Waals surface area contributed by atoms with Crippen LogP contribution in [0.4, 0.5) is 4.39 Å². The number of fused-ring (bicyclic) bond motifs is 1. The van der Waals surface area contributed by atoms with Gasteiger partial charge >= 0.3 is 0 Å². The fourth-order valence-corrected chi connectivity index (χ4v) is 3.50. The third kappa shape index (κ3) is 3.07. The Morgan fingerprint density at radius 3 is 2.81 bits per heavy atom. The molecule has 0 aliphatic carbocycles. The van der Waals surface area contributed by atoms with Crippen molar-refractivity contribution in [1.82, 2.24) is 4.98 Å². The molecular weight excluding hydrogens is 307 g/mol. The summed E-state index contributed by atoms with van der Waals surface area (Å²) in [5.74, 6) is -0.232. The van der Waals surface area contributed by atoms with Gasteiger partial charge in [0.05, 0.1) is 0 Å². The maximum absolute atomic E-state index is 13.4. The Labute approximate surface area is 131 Å². The molecule has 3 aromatic rings. The summed E-state index contributed by atoms with van der Waals surface area (Å²) < 4.78 is 13.4. The van der Waals surface area contributed by atoms with Crippen LogP contribution in [0.5, 0.6) is 0 Å². The third-order valence-corrected chi connectivity index (χ3v) is 4.67. The van der Waals surface area contributed by atoms with Crippen LogP contribution >= 0.6 is 23.4 Å². The molecule has 0 aliphatic heterocycles. The topological polar surface area (TPSA) is 41.8 Å². The molecule has 108 valence electrons. The average Bonchev–Trinajstić information content (AvgIpc) is 2.84. The maximum atomic E-state index is 13.4. The fraction of sp³-hybridized carbons (Fsp3) is 0.125. The van der Waals surface area contributed by atoms with Crippen LogP contribution in [0.25, 0.3) is 10.9 Å². The fourth-order valence-electron chi connectivity index (χ4n) is 2.27. The molecule has 0 amide bonds. The summed E-state index contributed by atoms with van der Waals surface area (Å²) in [6.07, 6.45) is 2.60. The van der Waals surface area contributed by atoms with E-state index in [-0.39, 0.29) is 5.82 Å². The lowest BCUT2D eigenvalue weighted by Gasteiger charge is -2.08. The van der Waals surface area contributed by atoms with E-state index in [1.165, 1.54) is 6.07 Å². The van der Waals surface area contributed by atoms with Gasteiger partial charge in [-0.25, -0.2) is 4.39 Å². The van der Waals surface area contributed by atoms with E-state index >= 15 is 0 Å². The minimum Gasteiger partial charge on any atom is -0.360 e. The molecule has 0 radical (unpaired) electrons. The van der Waals surface area contributed by atoms with Gasteiger partial charge < -0.3 is 10.7 Å². The van der Waals surface area contributed by atoms with Crippen LogP contribution in [0.3, 0.4) is 0 Å². The summed E-state index contributed by atoms with van der Waals surface area (Å²) in [6, 6.07) is 10.6. The molecule has 0 spiro atoms. The van der Waals surface area contributed by atoms with E-state index in [1.807, 2.05) is 24.4 Å².